The number of aromatic nitrogens is 1. The van der Waals surface area contributed by atoms with Gasteiger partial charge in [-0.05, 0) is 49.7 Å². The molecule has 2 rings (SSSR count). The summed E-state index contributed by atoms with van der Waals surface area (Å²) < 4.78 is 5.84. The average molecular weight is 350 g/mol. The summed E-state index contributed by atoms with van der Waals surface area (Å²) in [5, 5.41) is 5.82. The van der Waals surface area contributed by atoms with Crippen LogP contribution in [0.15, 0.2) is 41.0 Å². The first-order chi connectivity index (χ1) is 10.1. The van der Waals surface area contributed by atoms with Gasteiger partial charge in [0.05, 0.1) is 18.5 Å². The van der Waals surface area contributed by atoms with Crippen LogP contribution in [0.2, 0.25) is 0 Å². The molecule has 5 nitrogen and oxygen atoms in total. The van der Waals surface area contributed by atoms with E-state index in [1.807, 2.05) is 25.1 Å². The van der Waals surface area contributed by atoms with Gasteiger partial charge in [0.1, 0.15) is 5.82 Å². The molecule has 0 aliphatic rings. The fourth-order valence-corrected chi connectivity index (χ4v) is 2.21. The fourth-order valence-electron chi connectivity index (χ4n) is 1.73. The van der Waals surface area contributed by atoms with Crippen molar-refractivity contribution >= 4 is 39.2 Å². The number of amides is 1. The van der Waals surface area contributed by atoms with E-state index in [1.165, 1.54) is 0 Å². The van der Waals surface area contributed by atoms with E-state index >= 15 is 0 Å². The van der Waals surface area contributed by atoms with Crippen LogP contribution in [0.25, 0.3) is 0 Å². The van der Waals surface area contributed by atoms with E-state index in [9.17, 15) is 4.79 Å². The summed E-state index contributed by atoms with van der Waals surface area (Å²) in [5.74, 6) is 0.704. The lowest BCUT2D eigenvalue weighted by Crippen LogP contribution is -2.13. The Bertz CT molecular complexity index is 629. The van der Waals surface area contributed by atoms with Gasteiger partial charge in [-0.15, -0.1) is 0 Å². The molecule has 0 radical (unpaired) electrons. The number of nitrogens with zero attached hydrogens (tertiary/aromatic N) is 1. The fraction of sp³-hybridized carbons (Fsp3) is 0.200. The number of benzene rings is 1. The third-order valence-electron chi connectivity index (χ3n) is 2.74. The van der Waals surface area contributed by atoms with Crippen molar-refractivity contribution in [1.82, 2.24) is 4.98 Å². The van der Waals surface area contributed by atoms with E-state index in [2.05, 4.69) is 31.5 Å². The molecule has 1 aromatic carbocycles. The number of carbonyl (C=O) groups excluding carboxylic acids is 1. The second-order valence-corrected chi connectivity index (χ2v) is 5.28. The van der Waals surface area contributed by atoms with Crippen molar-refractivity contribution in [2.24, 2.45) is 0 Å². The lowest BCUT2D eigenvalue weighted by Gasteiger charge is -2.10. The molecule has 0 aliphatic heterocycles. The van der Waals surface area contributed by atoms with E-state index < -0.39 is 6.09 Å². The Morgan fingerprint density at radius 1 is 1.33 bits per heavy atom. The van der Waals surface area contributed by atoms with E-state index in [0.717, 1.165) is 15.7 Å². The maximum atomic E-state index is 11.3. The van der Waals surface area contributed by atoms with E-state index in [0.29, 0.717) is 18.1 Å². The zero-order chi connectivity index (χ0) is 15.2. The number of halogens is 1. The average Bonchev–Trinajstić information content (AvgIpc) is 2.44. The minimum absolute atomic E-state index is 0.335. The number of aryl methyl sites for hydroxylation is 1. The van der Waals surface area contributed by atoms with Crippen LogP contribution in [0.4, 0.5) is 22.0 Å². The molecule has 1 amide bonds. The van der Waals surface area contributed by atoms with Crippen molar-refractivity contribution in [3.63, 3.8) is 0 Å². The molecule has 21 heavy (non-hydrogen) atoms. The van der Waals surface area contributed by atoms with Gasteiger partial charge in [0, 0.05) is 10.2 Å². The van der Waals surface area contributed by atoms with Crippen LogP contribution in [0, 0.1) is 6.92 Å². The molecular formula is C15H16BrN3O2. The van der Waals surface area contributed by atoms with Gasteiger partial charge in [-0.1, -0.05) is 15.9 Å². The van der Waals surface area contributed by atoms with Crippen LogP contribution in [-0.4, -0.2) is 17.7 Å². The lowest BCUT2D eigenvalue weighted by atomic mass is 10.2. The summed E-state index contributed by atoms with van der Waals surface area (Å²) in [4.78, 5) is 15.5. The van der Waals surface area contributed by atoms with Crippen LogP contribution in [-0.2, 0) is 4.74 Å². The van der Waals surface area contributed by atoms with Crippen molar-refractivity contribution in [1.29, 1.82) is 0 Å². The first-order valence-electron chi connectivity index (χ1n) is 6.51. The van der Waals surface area contributed by atoms with Crippen LogP contribution in [0.5, 0.6) is 0 Å². The van der Waals surface area contributed by atoms with Gasteiger partial charge in [0.25, 0.3) is 0 Å². The number of hydrogen-bond donors (Lipinski definition) is 2. The number of carbonyl (C=O) groups is 1. The number of ether oxygens (including phenoxy) is 1. The Labute approximate surface area is 131 Å². The molecule has 0 fully saturated rings. The zero-order valence-electron chi connectivity index (χ0n) is 11.8. The lowest BCUT2D eigenvalue weighted by molar-refractivity contribution is 0.168. The molecule has 110 valence electrons. The molecular weight excluding hydrogens is 334 g/mol. The molecule has 0 bridgehead atoms. The maximum Gasteiger partial charge on any atom is 0.411 e. The Morgan fingerprint density at radius 3 is 2.76 bits per heavy atom. The van der Waals surface area contributed by atoms with Crippen LogP contribution in [0.1, 0.15) is 12.5 Å². The van der Waals surface area contributed by atoms with Crippen molar-refractivity contribution in [2.45, 2.75) is 13.8 Å². The smallest absolute Gasteiger partial charge is 0.411 e. The van der Waals surface area contributed by atoms with Crippen LogP contribution < -0.4 is 10.6 Å². The topological polar surface area (TPSA) is 63.2 Å². The minimum Gasteiger partial charge on any atom is -0.450 e. The Balaban J connectivity index is 2.03. The van der Waals surface area contributed by atoms with E-state index in [4.69, 9.17) is 4.74 Å². The molecule has 0 saturated carbocycles. The van der Waals surface area contributed by atoms with Crippen LogP contribution in [0.3, 0.4) is 0 Å². The summed E-state index contributed by atoms with van der Waals surface area (Å²) in [6, 6.07) is 9.53. The Morgan fingerprint density at radius 2 is 2.14 bits per heavy atom. The molecule has 6 heteroatoms. The molecule has 1 heterocycles. The first-order valence-corrected chi connectivity index (χ1v) is 7.31. The van der Waals surface area contributed by atoms with Gasteiger partial charge in [0.15, 0.2) is 0 Å². The Hall–Kier alpha value is -2.08. The normalized spacial score (nSPS) is 10.0. The summed E-state index contributed by atoms with van der Waals surface area (Å²) >= 11 is 3.43. The van der Waals surface area contributed by atoms with Gasteiger partial charge in [-0.25, -0.2) is 9.78 Å². The van der Waals surface area contributed by atoms with Crippen LogP contribution >= 0.6 is 15.9 Å². The second-order valence-electron chi connectivity index (χ2n) is 4.36. The number of pyridine rings is 1. The van der Waals surface area contributed by atoms with E-state index in [1.54, 1.807) is 25.3 Å². The molecule has 2 N–H and O–H groups in total. The van der Waals surface area contributed by atoms with Crippen molar-refractivity contribution in [3.8, 4) is 0 Å². The largest absolute Gasteiger partial charge is 0.450 e. The monoisotopic (exact) mass is 349 g/mol. The van der Waals surface area contributed by atoms with Crippen molar-refractivity contribution in [2.75, 3.05) is 17.2 Å². The summed E-state index contributed by atoms with van der Waals surface area (Å²) in [6.07, 6.45) is 1.09. The minimum atomic E-state index is -0.483. The van der Waals surface area contributed by atoms with Gasteiger partial charge < -0.3 is 10.1 Å². The summed E-state index contributed by atoms with van der Waals surface area (Å²) in [5.41, 5.74) is 2.68. The Kier molecular flexibility index (Phi) is 5.16. The van der Waals surface area contributed by atoms with E-state index in [-0.39, 0.29) is 0 Å². The highest BCUT2D eigenvalue weighted by atomic mass is 79.9. The third-order valence-corrected chi connectivity index (χ3v) is 3.23. The zero-order valence-corrected chi connectivity index (χ0v) is 13.4. The number of rotatable bonds is 4. The molecule has 0 spiro atoms. The highest BCUT2D eigenvalue weighted by molar-refractivity contribution is 9.10. The predicted octanol–water partition coefficient (Wildman–Crippen LogP) is 4.46. The first kappa shape index (κ1) is 15.3. The molecule has 0 aliphatic carbocycles. The van der Waals surface area contributed by atoms with Gasteiger partial charge in [-0.3, -0.25) is 5.32 Å². The SMILES string of the molecule is CCOC(=O)Nc1ccc(Nc2ccc(Br)cc2C)nc1. The van der Waals surface area contributed by atoms with Crippen molar-refractivity contribution < 1.29 is 9.53 Å². The standard InChI is InChI=1S/C15H16BrN3O2/c1-3-21-15(20)18-12-5-7-14(17-9-12)19-13-6-4-11(16)8-10(13)2/h4-9H,3H2,1-2H3,(H,17,19)(H,18,20). The molecule has 0 saturated heterocycles. The van der Waals surface area contributed by atoms with Gasteiger partial charge in [-0.2, -0.15) is 0 Å². The molecule has 1 aromatic heterocycles. The molecule has 0 atom stereocenters. The quantitative estimate of drug-likeness (QED) is 0.854. The maximum absolute atomic E-state index is 11.3. The highest BCUT2D eigenvalue weighted by Gasteiger charge is 2.04. The predicted molar refractivity (Wildman–Crippen MR) is 87.0 cm³/mol. The van der Waals surface area contributed by atoms with Crippen molar-refractivity contribution in [3.05, 3.63) is 46.6 Å². The highest BCUT2D eigenvalue weighted by Crippen LogP contribution is 2.23. The third kappa shape index (κ3) is 4.46. The number of hydrogen-bond acceptors (Lipinski definition) is 4. The second kappa shape index (κ2) is 7.08. The molecule has 0 unspecified atom stereocenters. The van der Waals surface area contributed by atoms with Gasteiger partial charge >= 0.3 is 6.09 Å². The number of nitrogens with one attached hydrogen (secondary N) is 2. The molecule has 2 aromatic rings. The summed E-state index contributed by atoms with van der Waals surface area (Å²) in [7, 11) is 0. The summed E-state index contributed by atoms with van der Waals surface area (Å²) in [6.45, 7) is 4.11. The van der Waals surface area contributed by atoms with Gasteiger partial charge in [0.2, 0.25) is 0 Å². The number of anilines is 3.